The first kappa shape index (κ1) is 9.69. The van der Waals surface area contributed by atoms with Crippen molar-refractivity contribution in [1.82, 2.24) is 15.2 Å². The van der Waals surface area contributed by atoms with Crippen LogP contribution in [0.15, 0.2) is 41.8 Å². The van der Waals surface area contributed by atoms with Gasteiger partial charge in [0, 0.05) is 23.5 Å². The molecule has 1 atom stereocenters. The minimum atomic E-state index is -0.551. The van der Waals surface area contributed by atoms with E-state index in [-0.39, 0.29) is 0 Å². The molecule has 0 amide bonds. The Morgan fingerprint density at radius 3 is 2.78 bits per heavy atom. The lowest BCUT2D eigenvalue weighted by atomic mass is 9.87. The Kier molecular flexibility index (Phi) is 1.80. The normalized spacial score (nSPS) is 20.5. The number of nitrogens with zero attached hydrogens (tertiary/aromatic N) is 4. The molecule has 0 saturated carbocycles. The van der Waals surface area contributed by atoms with Gasteiger partial charge in [0.15, 0.2) is 0 Å². The molecule has 4 rings (SSSR count). The number of hydrogen-bond acceptors (Lipinski definition) is 6. The summed E-state index contributed by atoms with van der Waals surface area (Å²) in [6.07, 6.45) is 3.38. The highest BCUT2D eigenvalue weighted by molar-refractivity contribution is 6.12. The van der Waals surface area contributed by atoms with Crippen LogP contribution in [0.3, 0.4) is 0 Å². The van der Waals surface area contributed by atoms with Crippen LogP contribution >= 0.6 is 0 Å². The lowest BCUT2D eigenvalue weighted by Gasteiger charge is -2.30. The van der Waals surface area contributed by atoms with Crippen LogP contribution in [0.25, 0.3) is 11.4 Å². The number of rotatable bonds is 0. The van der Waals surface area contributed by atoms with E-state index < -0.39 is 6.04 Å². The summed E-state index contributed by atoms with van der Waals surface area (Å²) in [5.41, 5.74) is 3.61. The summed E-state index contributed by atoms with van der Waals surface area (Å²) >= 11 is 0. The van der Waals surface area contributed by atoms with Gasteiger partial charge in [0.2, 0.25) is 0 Å². The van der Waals surface area contributed by atoms with Crippen LogP contribution in [-0.4, -0.2) is 20.9 Å². The van der Waals surface area contributed by atoms with E-state index in [9.17, 15) is 5.21 Å². The zero-order valence-corrected chi connectivity index (χ0v) is 9.15. The molecule has 2 aromatic rings. The molecule has 0 radical (unpaired) electrons. The largest absolute Gasteiger partial charge is 0.750 e. The molecule has 0 N–H and O–H groups in total. The van der Waals surface area contributed by atoms with E-state index >= 15 is 0 Å². The topological polar surface area (TPSA) is 73.7 Å². The summed E-state index contributed by atoms with van der Waals surface area (Å²) in [6, 6.07) is 6.76. The van der Waals surface area contributed by atoms with Gasteiger partial charge in [-0.2, -0.15) is 5.23 Å². The molecule has 0 fully saturated rings. The second-order valence-electron chi connectivity index (χ2n) is 4.09. The van der Waals surface area contributed by atoms with Crippen LogP contribution in [0.1, 0.15) is 17.2 Å². The first-order chi connectivity index (χ1) is 8.86. The molecule has 2 aliphatic rings. The molecule has 0 spiro atoms. The first-order valence-electron chi connectivity index (χ1n) is 5.48. The van der Waals surface area contributed by atoms with Gasteiger partial charge < -0.3 is 10.1 Å². The SMILES string of the molecule is [O-]N1ON=C2c3cccnc3-c3ncccc3C21. The highest BCUT2D eigenvalue weighted by atomic mass is 17.0. The third-order valence-electron chi connectivity index (χ3n) is 3.13. The predicted molar refractivity (Wildman–Crippen MR) is 63.0 cm³/mol. The van der Waals surface area contributed by atoms with Gasteiger partial charge in [0.1, 0.15) is 11.8 Å². The maximum Gasteiger partial charge on any atom is 0.116 e. The maximum atomic E-state index is 11.7. The van der Waals surface area contributed by atoms with Crippen molar-refractivity contribution in [3.05, 3.63) is 53.0 Å². The molecule has 6 nitrogen and oxygen atoms in total. The summed E-state index contributed by atoms with van der Waals surface area (Å²) in [4.78, 5) is 13.4. The second-order valence-corrected chi connectivity index (χ2v) is 4.09. The van der Waals surface area contributed by atoms with Gasteiger partial charge >= 0.3 is 0 Å². The smallest absolute Gasteiger partial charge is 0.116 e. The molecular formula is C12H7N4O2-. The predicted octanol–water partition coefficient (Wildman–Crippen LogP) is 1.65. The van der Waals surface area contributed by atoms with E-state index in [4.69, 9.17) is 4.94 Å². The fourth-order valence-corrected chi connectivity index (χ4v) is 2.38. The summed E-state index contributed by atoms with van der Waals surface area (Å²) in [6.45, 7) is 0. The van der Waals surface area contributed by atoms with Gasteiger partial charge in [-0.15, -0.1) is 0 Å². The third-order valence-corrected chi connectivity index (χ3v) is 3.13. The zero-order valence-electron chi connectivity index (χ0n) is 9.15. The maximum absolute atomic E-state index is 11.7. The fraction of sp³-hybridized carbons (Fsp3) is 0.0833. The lowest BCUT2D eigenvalue weighted by Crippen LogP contribution is -2.27. The van der Waals surface area contributed by atoms with E-state index in [1.165, 1.54) is 0 Å². The van der Waals surface area contributed by atoms with Crippen LogP contribution in [0.2, 0.25) is 0 Å². The van der Waals surface area contributed by atoms with E-state index in [1.54, 1.807) is 24.5 Å². The molecule has 2 aromatic heterocycles. The zero-order chi connectivity index (χ0) is 12.1. The minimum Gasteiger partial charge on any atom is -0.750 e. The van der Waals surface area contributed by atoms with Crippen molar-refractivity contribution in [2.45, 2.75) is 6.04 Å². The summed E-state index contributed by atoms with van der Waals surface area (Å²) in [5.74, 6) is 0. The van der Waals surface area contributed by atoms with E-state index in [0.29, 0.717) is 16.6 Å². The van der Waals surface area contributed by atoms with Crippen LogP contribution < -0.4 is 0 Å². The molecule has 1 aliphatic heterocycles. The van der Waals surface area contributed by atoms with Crippen molar-refractivity contribution < 1.29 is 4.94 Å². The molecule has 88 valence electrons. The Balaban J connectivity index is 2.08. The Morgan fingerprint density at radius 1 is 1.11 bits per heavy atom. The Bertz CT molecular complexity index is 671. The van der Waals surface area contributed by atoms with Crippen LogP contribution in [-0.2, 0) is 4.94 Å². The first-order valence-corrected chi connectivity index (χ1v) is 5.48. The highest BCUT2D eigenvalue weighted by Gasteiger charge is 2.37. The summed E-state index contributed by atoms with van der Waals surface area (Å²) in [7, 11) is 0. The molecule has 1 unspecified atom stereocenters. The average molecular weight is 239 g/mol. The molecule has 3 heterocycles. The van der Waals surface area contributed by atoms with Crippen molar-refractivity contribution >= 4 is 5.71 Å². The van der Waals surface area contributed by atoms with Gasteiger partial charge in [-0.3, -0.25) is 9.97 Å². The van der Waals surface area contributed by atoms with Crippen LogP contribution in [0.4, 0.5) is 0 Å². The standard InChI is InChI=1S/C12H7N4O2/c17-16-12-8-4-2-6-14-10(8)9-7(3-1-5-13-9)11(12)15-18-16/h1-6,12H/q-1. The van der Waals surface area contributed by atoms with Crippen molar-refractivity contribution in [2.75, 3.05) is 0 Å². The summed E-state index contributed by atoms with van der Waals surface area (Å²) < 4.78 is 0. The Hall–Kier alpha value is -2.31. The molecule has 18 heavy (non-hydrogen) atoms. The van der Waals surface area contributed by atoms with Gasteiger partial charge in [0.05, 0.1) is 11.4 Å². The quantitative estimate of drug-likeness (QED) is 0.698. The molecule has 0 bridgehead atoms. The molecular weight excluding hydrogens is 232 g/mol. The third kappa shape index (κ3) is 1.10. The number of hydroxylamine groups is 2. The van der Waals surface area contributed by atoms with Gasteiger partial charge in [-0.05, 0) is 18.2 Å². The van der Waals surface area contributed by atoms with E-state index in [2.05, 4.69) is 15.1 Å². The Labute approximate surface area is 102 Å². The summed E-state index contributed by atoms with van der Waals surface area (Å²) in [5, 5.41) is 16.0. The van der Waals surface area contributed by atoms with Gasteiger partial charge in [-0.1, -0.05) is 11.2 Å². The van der Waals surface area contributed by atoms with E-state index in [1.807, 2.05) is 12.1 Å². The van der Waals surface area contributed by atoms with Gasteiger partial charge in [-0.25, -0.2) is 0 Å². The monoisotopic (exact) mass is 239 g/mol. The number of pyridine rings is 2. The van der Waals surface area contributed by atoms with Crippen LogP contribution in [0, 0.1) is 5.21 Å². The van der Waals surface area contributed by atoms with Crippen LogP contribution in [0.5, 0.6) is 0 Å². The van der Waals surface area contributed by atoms with Crippen molar-refractivity contribution in [2.24, 2.45) is 5.16 Å². The van der Waals surface area contributed by atoms with E-state index in [0.717, 1.165) is 16.8 Å². The fourth-order valence-electron chi connectivity index (χ4n) is 2.38. The lowest BCUT2D eigenvalue weighted by molar-refractivity contribution is -0.112. The van der Waals surface area contributed by atoms with Crippen molar-refractivity contribution in [3.8, 4) is 11.4 Å². The Morgan fingerprint density at radius 2 is 1.89 bits per heavy atom. The molecule has 0 aromatic carbocycles. The molecule has 1 aliphatic carbocycles. The minimum absolute atomic E-state index is 0.492. The second kappa shape index (κ2) is 3.34. The molecule has 6 heteroatoms. The van der Waals surface area contributed by atoms with Gasteiger partial charge in [0.25, 0.3) is 0 Å². The van der Waals surface area contributed by atoms with Crippen molar-refractivity contribution in [1.29, 1.82) is 0 Å². The number of aromatic nitrogens is 2. The number of oxime groups is 1. The average Bonchev–Trinajstić information content (AvgIpc) is 2.82. The highest BCUT2D eigenvalue weighted by Crippen LogP contribution is 2.41. The molecule has 0 saturated heterocycles. The van der Waals surface area contributed by atoms with Crippen molar-refractivity contribution in [3.63, 3.8) is 0 Å². The number of fused-ring (bicyclic) bond motifs is 6. The number of hydrogen-bond donors (Lipinski definition) is 0.